The molecule has 0 aromatic heterocycles. The van der Waals surface area contributed by atoms with Gasteiger partial charge in [0.15, 0.2) is 6.10 Å². The Balaban J connectivity index is 1.71. The number of benzene rings is 2. The molecule has 1 aliphatic rings. The van der Waals surface area contributed by atoms with Gasteiger partial charge in [0.25, 0.3) is 6.02 Å². The molecule has 2 N–H and O–H groups in total. The highest BCUT2D eigenvalue weighted by molar-refractivity contribution is 5.73. The van der Waals surface area contributed by atoms with Gasteiger partial charge in [-0.15, -0.1) is 0 Å². The van der Waals surface area contributed by atoms with Gasteiger partial charge in [-0.3, -0.25) is 0 Å². The van der Waals surface area contributed by atoms with E-state index in [4.69, 9.17) is 15.2 Å². The van der Waals surface area contributed by atoms with Crippen molar-refractivity contribution >= 4 is 6.02 Å². The normalized spacial score (nSPS) is 17.0. The van der Waals surface area contributed by atoms with E-state index in [1.54, 1.807) is 0 Å². The number of aryl methyl sites for hydroxylation is 2. The lowest BCUT2D eigenvalue weighted by Crippen LogP contribution is -2.24. The molecule has 2 aromatic carbocycles. The Hall–Kier alpha value is -2.49. The fraction of sp³-hybridized carbons (Fsp3) is 0.278. The first-order valence-electron chi connectivity index (χ1n) is 7.39. The van der Waals surface area contributed by atoms with Crippen LogP contribution >= 0.6 is 0 Å². The third kappa shape index (κ3) is 3.06. The second-order valence-corrected chi connectivity index (χ2v) is 5.52. The fourth-order valence-corrected chi connectivity index (χ4v) is 2.62. The Bertz CT molecular complexity index is 710. The van der Waals surface area contributed by atoms with Crippen LogP contribution in [-0.4, -0.2) is 25.3 Å². The molecule has 4 heteroatoms. The number of amidine groups is 1. The van der Waals surface area contributed by atoms with Gasteiger partial charge in [0.2, 0.25) is 0 Å². The monoisotopic (exact) mass is 296 g/mol. The van der Waals surface area contributed by atoms with E-state index in [0.717, 1.165) is 5.75 Å². The van der Waals surface area contributed by atoms with Crippen molar-refractivity contribution in [3.63, 3.8) is 0 Å². The van der Waals surface area contributed by atoms with Crippen molar-refractivity contribution in [1.82, 2.24) is 0 Å². The molecule has 0 bridgehead atoms. The van der Waals surface area contributed by atoms with Crippen molar-refractivity contribution in [2.24, 2.45) is 10.7 Å². The number of nitrogens with two attached hydrogens (primary N) is 1. The third-order valence-corrected chi connectivity index (χ3v) is 3.81. The van der Waals surface area contributed by atoms with Crippen LogP contribution in [0.4, 0.5) is 0 Å². The number of rotatable bonds is 4. The minimum Gasteiger partial charge on any atom is -0.490 e. The summed E-state index contributed by atoms with van der Waals surface area (Å²) in [7, 11) is 0. The van der Waals surface area contributed by atoms with Gasteiger partial charge < -0.3 is 15.2 Å². The summed E-state index contributed by atoms with van der Waals surface area (Å²) in [6.45, 7) is 5.24. The van der Waals surface area contributed by atoms with Crippen LogP contribution in [-0.2, 0) is 4.74 Å². The smallest absolute Gasteiger partial charge is 0.282 e. The van der Waals surface area contributed by atoms with Crippen LogP contribution in [0.3, 0.4) is 0 Å². The van der Waals surface area contributed by atoms with E-state index in [9.17, 15) is 0 Å². The van der Waals surface area contributed by atoms with Gasteiger partial charge in [0.1, 0.15) is 12.4 Å². The van der Waals surface area contributed by atoms with E-state index >= 15 is 0 Å². The Morgan fingerprint density at radius 2 is 1.91 bits per heavy atom. The van der Waals surface area contributed by atoms with Gasteiger partial charge in [-0.25, -0.2) is 4.99 Å². The van der Waals surface area contributed by atoms with Crippen molar-refractivity contribution in [3.05, 3.63) is 53.6 Å². The number of nitrogens with zero attached hydrogens (tertiary/aromatic N) is 1. The van der Waals surface area contributed by atoms with E-state index < -0.39 is 0 Å². The van der Waals surface area contributed by atoms with Crippen LogP contribution in [0.2, 0.25) is 0 Å². The van der Waals surface area contributed by atoms with Crippen LogP contribution in [0.15, 0.2) is 47.5 Å². The summed E-state index contributed by atoms with van der Waals surface area (Å²) < 4.78 is 11.1. The molecular formula is C18H20N2O2. The van der Waals surface area contributed by atoms with Crippen molar-refractivity contribution in [2.45, 2.75) is 20.0 Å². The number of hydrogen-bond donors (Lipinski definition) is 1. The molecule has 3 rings (SSSR count). The molecule has 1 heterocycles. The van der Waals surface area contributed by atoms with Gasteiger partial charge in [-0.2, -0.15) is 0 Å². The molecule has 0 saturated heterocycles. The number of aliphatic imine (C=N–C) groups is 1. The predicted molar refractivity (Wildman–Crippen MR) is 88.2 cm³/mol. The number of ether oxygens (including phenoxy) is 2. The van der Waals surface area contributed by atoms with E-state index in [2.05, 4.69) is 55.2 Å². The Morgan fingerprint density at radius 1 is 1.14 bits per heavy atom. The second-order valence-electron chi connectivity index (χ2n) is 5.52. The first kappa shape index (κ1) is 14.4. The number of hydrogen-bond acceptors (Lipinski definition) is 4. The fourth-order valence-electron chi connectivity index (χ4n) is 2.62. The average molecular weight is 296 g/mol. The first-order chi connectivity index (χ1) is 10.6. The molecule has 0 radical (unpaired) electrons. The molecule has 0 amide bonds. The highest BCUT2D eigenvalue weighted by Gasteiger charge is 2.18. The van der Waals surface area contributed by atoms with Crippen LogP contribution < -0.4 is 10.5 Å². The topological polar surface area (TPSA) is 56.8 Å². The zero-order chi connectivity index (χ0) is 15.5. The van der Waals surface area contributed by atoms with Gasteiger partial charge in [-0.05, 0) is 48.2 Å². The third-order valence-electron chi connectivity index (χ3n) is 3.81. The second kappa shape index (κ2) is 6.10. The zero-order valence-electron chi connectivity index (χ0n) is 12.9. The van der Waals surface area contributed by atoms with E-state index in [1.807, 2.05) is 6.07 Å². The Morgan fingerprint density at radius 3 is 2.59 bits per heavy atom. The molecular weight excluding hydrogens is 276 g/mol. The van der Waals surface area contributed by atoms with Crippen LogP contribution in [0.25, 0.3) is 11.1 Å². The lowest BCUT2D eigenvalue weighted by molar-refractivity contribution is 0.141. The maximum atomic E-state index is 5.79. The zero-order valence-corrected chi connectivity index (χ0v) is 12.9. The van der Waals surface area contributed by atoms with Gasteiger partial charge in [-0.1, -0.05) is 30.3 Å². The van der Waals surface area contributed by atoms with Gasteiger partial charge >= 0.3 is 0 Å². The molecule has 2 aromatic rings. The Kier molecular flexibility index (Phi) is 4.00. The summed E-state index contributed by atoms with van der Waals surface area (Å²) in [5.74, 6) is 0.837. The molecule has 0 saturated carbocycles. The summed E-state index contributed by atoms with van der Waals surface area (Å²) in [6, 6.07) is 14.8. The lowest BCUT2D eigenvalue weighted by Gasteiger charge is -2.14. The minimum atomic E-state index is -0.0867. The van der Waals surface area contributed by atoms with E-state index in [-0.39, 0.29) is 12.1 Å². The average Bonchev–Trinajstić information content (AvgIpc) is 2.92. The van der Waals surface area contributed by atoms with Gasteiger partial charge in [0.05, 0.1) is 6.54 Å². The molecule has 0 aliphatic carbocycles. The molecule has 22 heavy (non-hydrogen) atoms. The van der Waals surface area contributed by atoms with Gasteiger partial charge in [0, 0.05) is 0 Å². The van der Waals surface area contributed by atoms with Crippen LogP contribution in [0.1, 0.15) is 11.1 Å². The Labute approximate surface area is 130 Å². The van der Waals surface area contributed by atoms with Crippen molar-refractivity contribution in [2.75, 3.05) is 13.2 Å². The van der Waals surface area contributed by atoms with Crippen molar-refractivity contribution in [3.8, 4) is 16.9 Å². The molecule has 1 aliphatic heterocycles. The standard InChI is InChI=1S/C18H20N2O2/c1-12-5-3-4-6-16(12)17-8-7-14(9-13(17)2)21-11-15-10-20-18(19)22-15/h3-9,15H,10-11H2,1-2H3,(H2,19,20)/t15-/m0/s1. The van der Waals surface area contributed by atoms with Crippen LogP contribution in [0, 0.1) is 13.8 Å². The molecule has 0 unspecified atom stereocenters. The predicted octanol–water partition coefficient (Wildman–Crippen LogP) is 3.06. The molecule has 1 atom stereocenters. The largest absolute Gasteiger partial charge is 0.490 e. The molecule has 4 nitrogen and oxygen atoms in total. The SMILES string of the molecule is Cc1ccccc1-c1ccc(OC[C@@H]2CN=C(N)O2)cc1C. The molecule has 0 fully saturated rings. The quantitative estimate of drug-likeness (QED) is 0.943. The maximum absolute atomic E-state index is 5.79. The van der Waals surface area contributed by atoms with E-state index in [0.29, 0.717) is 13.2 Å². The molecule has 114 valence electrons. The summed E-state index contributed by atoms with van der Waals surface area (Å²) in [5.41, 5.74) is 10.4. The van der Waals surface area contributed by atoms with Crippen molar-refractivity contribution in [1.29, 1.82) is 0 Å². The highest BCUT2D eigenvalue weighted by atomic mass is 16.5. The summed E-state index contributed by atoms with van der Waals surface area (Å²) in [5, 5.41) is 0. The molecule has 0 spiro atoms. The van der Waals surface area contributed by atoms with Crippen molar-refractivity contribution < 1.29 is 9.47 Å². The summed E-state index contributed by atoms with van der Waals surface area (Å²) in [4.78, 5) is 4.00. The highest BCUT2D eigenvalue weighted by Crippen LogP contribution is 2.29. The maximum Gasteiger partial charge on any atom is 0.282 e. The lowest BCUT2D eigenvalue weighted by atomic mass is 9.97. The summed E-state index contributed by atoms with van der Waals surface area (Å²) >= 11 is 0. The minimum absolute atomic E-state index is 0.0867. The summed E-state index contributed by atoms with van der Waals surface area (Å²) in [6.07, 6.45) is -0.0867. The van der Waals surface area contributed by atoms with Crippen LogP contribution in [0.5, 0.6) is 5.75 Å². The first-order valence-corrected chi connectivity index (χ1v) is 7.39. The van der Waals surface area contributed by atoms with E-state index in [1.165, 1.54) is 22.3 Å².